The van der Waals surface area contributed by atoms with Crippen molar-refractivity contribution in [2.24, 2.45) is 0 Å². The fourth-order valence-corrected chi connectivity index (χ4v) is 3.75. The predicted molar refractivity (Wildman–Crippen MR) is 111 cm³/mol. The SMILES string of the molecule is O=C(O)c1ccccc1Oc1ccc(Cl)cc1NS(=O)c1cc2ccccc2o1. The molecular weight excluding hydrogens is 414 g/mol. The van der Waals surface area contributed by atoms with Crippen molar-refractivity contribution in [2.45, 2.75) is 5.09 Å². The van der Waals surface area contributed by atoms with Crippen molar-refractivity contribution in [2.75, 3.05) is 4.72 Å². The average Bonchev–Trinajstić information content (AvgIpc) is 3.15. The minimum atomic E-state index is -1.73. The molecule has 4 rings (SSSR count). The topological polar surface area (TPSA) is 88.8 Å². The number of carboxylic acid groups (broad SMARTS) is 1. The number of benzene rings is 3. The number of anilines is 1. The summed E-state index contributed by atoms with van der Waals surface area (Å²) in [6.45, 7) is 0. The number of nitrogens with one attached hydrogen (secondary N) is 1. The maximum absolute atomic E-state index is 12.8. The number of para-hydroxylation sites is 2. The first-order valence-electron chi connectivity index (χ1n) is 8.48. The van der Waals surface area contributed by atoms with Crippen molar-refractivity contribution < 1.29 is 23.3 Å². The lowest BCUT2D eigenvalue weighted by Gasteiger charge is -2.13. The van der Waals surface area contributed by atoms with Crippen LogP contribution in [0.4, 0.5) is 5.69 Å². The fourth-order valence-electron chi connectivity index (χ4n) is 2.72. The van der Waals surface area contributed by atoms with E-state index in [4.69, 9.17) is 20.8 Å². The summed E-state index contributed by atoms with van der Waals surface area (Å²) in [4.78, 5) is 11.4. The summed E-state index contributed by atoms with van der Waals surface area (Å²) < 4.78 is 27.0. The lowest BCUT2D eigenvalue weighted by Crippen LogP contribution is -2.06. The van der Waals surface area contributed by atoms with Crippen LogP contribution in [0.5, 0.6) is 11.5 Å². The first-order valence-corrected chi connectivity index (χ1v) is 10.0. The standard InChI is InChI=1S/C21H14ClNO5S/c22-14-9-10-19(27-18-8-4-2-6-15(18)21(24)25)16(12-14)23-29(26)20-11-13-5-1-3-7-17(13)28-20/h1-12,23H,(H,24,25). The van der Waals surface area contributed by atoms with Gasteiger partial charge in [-0.2, -0.15) is 0 Å². The molecule has 1 unspecified atom stereocenters. The number of hydrogen-bond acceptors (Lipinski definition) is 4. The van der Waals surface area contributed by atoms with Crippen LogP contribution in [0, 0.1) is 0 Å². The molecule has 6 nitrogen and oxygen atoms in total. The Morgan fingerprint density at radius 1 is 1.00 bits per heavy atom. The lowest BCUT2D eigenvalue weighted by molar-refractivity contribution is 0.0694. The molecule has 0 saturated carbocycles. The van der Waals surface area contributed by atoms with E-state index in [1.807, 2.05) is 18.2 Å². The van der Waals surface area contributed by atoms with Crippen LogP contribution in [0.1, 0.15) is 10.4 Å². The van der Waals surface area contributed by atoms with E-state index in [-0.39, 0.29) is 22.2 Å². The number of ether oxygens (including phenoxy) is 1. The van der Waals surface area contributed by atoms with Crippen molar-refractivity contribution in [1.29, 1.82) is 0 Å². The molecule has 0 aliphatic carbocycles. The van der Waals surface area contributed by atoms with E-state index in [0.717, 1.165) is 5.39 Å². The maximum atomic E-state index is 12.8. The van der Waals surface area contributed by atoms with Crippen LogP contribution < -0.4 is 9.46 Å². The number of aromatic carboxylic acids is 1. The second kappa shape index (κ2) is 7.98. The zero-order valence-electron chi connectivity index (χ0n) is 14.8. The largest absolute Gasteiger partial charge is 0.478 e. The highest BCUT2D eigenvalue weighted by Crippen LogP contribution is 2.34. The zero-order chi connectivity index (χ0) is 20.4. The normalized spacial score (nSPS) is 11.9. The third-order valence-corrected chi connectivity index (χ3v) is 5.27. The van der Waals surface area contributed by atoms with Crippen molar-refractivity contribution in [1.82, 2.24) is 0 Å². The van der Waals surface area contributed by atoms with E-state index in [1.54, 1.807) is 42.5 Å². The maximum Gasteiger partial charge on any atom is 0.339 e. The van der Waals surface area contributed by atoms with E-state index in [1.165, 1.54) is 12.1 Å². The molecule has 0 fully saturated rings. The van der Waals surface area contributed by atoms with Gasteiger partial charge in [0.15, 0.2) is 16.7 Å². The van der Waals surface area contributed by atoms with Gasteiger partial charge < -0.3 is 14.3 Å². The molecule has 29 heavy (non-hydrogen) atoms. The van der Waals surface area contributed by atoms with E-state index in [2.05, 4.69) is 4.72 Å². The molecule has 146 valence electrons. The third kappa shape index (κ3) is 4.11. The van der Waals surface area contributed by atoms with Crippen LogP contribution in [0.25, 0.3) is 11.0 Å². The third-order valence-electron chi connectivity index (χ3n) is 4.07. The van der Waals surface area contributed by atoms with Crippen LogP contribution in [-0.4, -0.2) is 15.3 Å². The van der Waals surface area contributed by atoms with Gasteiger partial charge in [-0.05, 0) is 36.4 Å². The van der Waals surface area contributed by atoms with Crippen LogP contribution >= 0.6 is 11.6 Å². The van der Waals surface area contributed by atoms with Crippen LogP contribution in [0.2, 0.25) is 5.02 Å². The predicted octanol–water partition coefficient (Wildman–Crippen LogP) is 5.71. The summed E-state index contributed by atoms with van der Waals surface area (Å²) in [7, 11) is -1.73. The van der Waals surface area contributed by atoms with E-state index in [9.17, 15) is 14.1 Å². The number of fused-ring (bicyclic) bond motifs is 1. The van der Waals surface area contributed by atoms with E-state index in [0.29, 0.717) is 16.3 Å². The quantitative estimate of drug-likeness (QED) is 0.411. The molecule has 0 amide bonds. The van der Waals surface area contributed by atoms with Crippen molar-refractivity contribution in [3.8, 4) is 11.5 Å². The summed E-state index contributed by atoms with van der Waals surface area (Å²) in [6, 6.07) is 20.0. The van der Waals surface area contributed by atoms with Gasteiger partial charge >= 0.3 is 5.97 Å². The van der Waals surface area contributed by atoms with Gasteiger partial charge in [-0.15, -0.1) is 0 Å². The minimum Gasteiger partial charge on any atom is -0.478 e. The van der Waals surface area contributed by atoms with Crippen LogP contribution in [-0.2, 0) is 11.0 Å². The van der Waals surface area contributed by atoms with Gasteiger partial charge in [0.1, 0.15) is 16.9 Å². The first-order chi connectivity index (χ1) is 14.0. The first kappa shape index (κ1) is 19.0. The Labute approximate surface area is 173 Å². The van der Waals surface area contributed by atoms with Gasteiger partial charge in [0.2, 0.25) is 5.09 Å². The molecule has 4 aromatic rings. The van der Waals surface area contributed by atoms with Gasteiger partial charge in [-0.1, -0.05) is 41.9 Å². The Morgan fingerprint density at radius 3 is 2.55 bits per heavy atom. The molecule has 0 aliphatic heterocycles. The minimum absolute atomic E-state index is 0.00630. The van der Waals surface area contributed by atoms with Gasteiger partial charge in [-0.3, -0.25) is 4.72 Å². The Bertz CT molecular complexity index is 1200. The highest BCUT2D eigenvalue weighted by molar-refractivity contribution is 7.86. The molecule has 0 aliphatic rings. The lowest BCUT2D eigenvalue weighted by atomic mass is 10.2. The Kier molecular flexibility index (Phi) is 5.24. The van der Waals surface area contributed by atoms with Crippen LogP contribution in [0.15, 0.2) is 82.3 Å². The Balaban J connectivity index is 1.65. The highest BCUT2D eigenvalue weighted by Gasteiger charge is 2.16. The molecule has 1 heterocycles. The molecule has 0 bridgehead atoms. The second-order valence-electron chi connectivity index (χ2n) is 6.02. The number of carbonyl (C=O) groups is 1. The number of furan rings is 1. The summed E-state index contributed by atoms with van der Waals surface area (Å²) in [5.41, 5.74) is 0.957. The van der Waals surface area contributed by atoms with Gasteiger partial charge in [0.05, 0.1) is 5.69 Å². The summed E-state index contributed by atoms with van der Waals surface area (Å²) in [5, 5.41) is 10.8. The summed E-state index contributed by atoms with van der Waals surface area (Å²) in [5.74, 6) is -0.692. The molecule has 0 spiro atoms. The molecule has 1 atom stereocenters. The molecular formula is C21H14ClNO5S. The van der Waals surface area contributed by atoms with Gasteiger partial charge in [-0.25, -0.2) is 9.00 Å². The van der Waals surface area contributed by atoms with Gasteiger partial charge in [0.25, 0.3) is 0 Å². The molecule has 8 heteroatoms. The number of hydrogen-bond donors (Lipinski definition) is 2. The fraction of sp³-hybridized carbons (Fsp3) is 0. The van der Waals surface area contributed by atoms with Gasteiger partial charge in [0, 0.05) is 16.5 Å². The zero-order valence-corrected chi connectivity index (χ0v) is 16.4. The van der Waals surface area contributed by atoms with E-state index >= 15 is 0 Å². The van der Waals surface area contributed by atoms with Crippen molar-refractivity contribution in [3.05, 3.63) is 83.4 Å². The molecule has 2 N–H and O–H groups in total. The summed E-state index contributed by atoms with van der Waals surface area (Å²) in [6.07, 6.45) is 0. The van der Waals surface area contributed by atoms with Crippen molar-refractivity contribution >= 4 is 45.2 Å². The van der Waals surface area contributed by atoms with Crippen LogP contribution in [0.3, 0.4) is 0 Å². The number of rotatable bonds is 6. The molecule has 0 radical (unpaired) electrons. The smallest absolute Gasteiger partial charge is 0.339 e. The molecule has 0 saturated heterocycles. The average molecular weight is 428 g/mol. The number of carboxylic acids is 1. The summed E-state index contributed by atoms with van der Waals surface area (Å²) >= 11 is 6.08. The molecule has 1 aromatic heterocycles. The van der Waals surface area contributed by atoms with E-state index < -0.39 is 17.0 Å². The second-order valence-corrected chi connectivity index (χ2v) is 7.60. The highest BCUT2D eigenvalue weighted by atomic mass is 35.5. The Morgan fingerprint density at radius 2 is 1.76 bits per heavy atom. The monoisotopic (exact) mass is 427 g/mol. The molecule has 3 aromatic carbocycles. The van der Waals surface area contributed by atoms with Crippen molar-refractivity contribution in [3.63, 3.8) is 0 Å². The number of halogens is 1. The Hall–Kier alpha value is -3.29.